The van der Waals surface area contributed by atoms with Crippen molar-refractivity contribution in [2.45, 2.75) is 58.0 Å². The smallest absolute Gasteiger partial charge is 0.433 e. The third-order valence-electron chi connectivity index (χ3n) is 5.99. The molecule has 1 aliphatic rings. The summed E-state index contributed by atoms with van der Waals surface area (Å²) in [7, 11) is 1.35. The van der Waals surface area contributed by atoms with Gasteiger partial charge in [-0.2, -0.15) is 13.2 Å². The Hall–Kier alpha value is -3.18. The first kappa shape index (κ1) is 25.9. The van der Waals surface area contributed by atoms with E-state index in [4.69, 9.17) is 19.6 Å². The molecule has 1 fully saturated rings. The van der Waals surface area contributed by atoms with Crippen LogP contribution in [0, 0.1) is 0 Å². The predicted octanol–water partition coefficient (Wildman–Crippen LogP) is 4.80. The number of pyridine rings is 1. The SMILES string of the molecule is COc1ccc(-c2nc(C(=O)N3CCC[C@H]3COC(C)(C)C)c(CN)o2)c2ccc(C(F)(F)F)nc12. The van der Waals surface area contributed by atoms with Gasteiger partial charge in [0.2, 0.25) is 5.89 Å². The van der Waals surface area contributed by atoms with Gasteiger partial charge in [-0.15, -0.1) is 0 Å². The van der Waals surface area contributed by atoms with Crippen molar-refractivity contribution in [3.8, 4) is 17.2 Å². The Balaban J connectivity index is 1.72. The molecule has 0 aliphatic carbocycles. The summed E-state index contributed by atoms with van der Waals surface area (Å²) < 4.78 is 56.8. The Labute approximate surface area is 206 Å². The fourth-order valence-corrected chi connectivity index (χ4v) is 4.23. The van der Waals surface area contributed by atoms with Crippen LogP contribution < -0.4 is 10.5 Å². The summed E-state index contributed by atoms with van der Waals surface area (Å²) in [4.78, 5) is 23.4. The van der Waals surface area contributed by atoms with Crippen LogP contribution in [-0.2, 0) is 17.5 Å². The van der Waals surface area contributed by atoms with Crippen molar-refractivity contribution >= 4 is 16.8 Å². The first-order chi connectivity index (χ1) is 16.9. The maximum Gasteiger partial charge on any atom is 0.433 e. The van der Waals surface area contributed by atoms with Gasteiger partial charge in [0.25, 0.3) is 5.91 Å². The molecule has 2 N–H and O–H groups in total. The Bertz CT molecular complexity index is 1270. The molecule has 1 aromatic carbocycles. The number of nitrogens with two attached hydrogens (primary N) is 1. The number of rotatable bonds is 6. The Morgan fingerprint density at radius 1 is 1.19 bits per heavy atom. The summed E-state index contributed by atoms with van der Waals surface area (Å²) in [6, 6.07) is 5.16. The summed E-state index contributed by atoms with van der Waals surface area (Å²) in [6.07, 6.45) is -2.98. The zero-order valence-corrected chi connectivity index (χ0v) is 20.6. The standard InChI is InChI=1S/C25H29F3N4O4/c1-24(2,3)35-13-14-6-5-11-32(14)23(33)21-18(12-29)36-22(31-21)16-7-9-17(34-4)20-15(16)8-10-19(30-20)25(26,27)28/h7-10,14H,5-6,11-13,29H2,1-4H3/t14-/m0/s1. The van der Waals surface area contributed by atoms with Gasteiger partial charge in [-0.3, -0.25) is 4.79 Å². The van der Waals surface area contributed by atoms with Gasteiger partial charge in [-0.1, -0.05) is 0 Å². The number of methoxy groups -OCH3 is 1. The molecule has 2 aromatic heterocycles. The summed E-state index contributed by atoms with van der Waals surface area (Å²) in [5.74, 6) is 0.109. The lowest BCUT2D eigenvalue weighted by atomic mass is 10.1. The molecule has 0 bridgehead atoms. The summed E-state index contributed by atoms with van der Waals surface area (Å²) in [5.41, 5.74) is 4.94. The van der Waals surface area contributed by atoms with E-state index in [1.807, 2.05) is 20.8 Å². The molecule has 1 amide bonds. The van der Waals surface area contributed by atoms with Crippen molar-refractivity contribution in [3.63, 3.8) is 0 Å². The zero-order chi connectivity index (χ0) is 26.3. The number of ether oxygens (including phenoxy) is 2. The number of nitrogens with zero attached hydrogens (tertiary/aromatic N) is 3. The van der Waals surface area contributed by atoms with Crippen LogP contribution in [-0.4, -0.2) is 52.7 Å². The van der Waals surface area contributed by atoms with Crippen molar-refractivity contribution in [1.82, 2.24) is 14.9 Å². The highest BCUT2D eigenvalue weighted by Crippen LogP contribution is 2.37. The van der Waals surface area contributed by atoms with Gasteiger partial charge in [-0.05, 0) is 57.9 Å². The quantitative estimate of drug-likeness (QED) is 0.512. The third kappa shape index (κ3) is 5.17. The minimum absolute atomic E-state index is 0.00383. The lowest BCUT2D eigenvalue weighted by molar-refractivity contribution is -0.140. The lowest BCUT2D eigenvalue weighted by Gasteiger charge is -2.28. The number of likely N-dealkylation sites (tertiary alicyclic amines) is 1. The van der Waals surface area contributed by atoms with E-state index in [9.17, 15) is 18.0 Å². The Kier molecular flexibility index (Phi) is 6.98. The fourth-order valence-electron chi connectivity index (χ4n) is 4.23. The van der Waals surface area contributed by atoms with Crippen LogP contribution in [0.1, 0.15) is 55.6 Å². The molecule has 4 rings (SSSR count). The number of benzene rings is 1. The Morgan fingerprint density at radius 2 is 1.94 bits per heavy atom. The van der Waals surface area contributed by atoms with Crippen LogP contribution in [0.25, 0.3) is 22.4 Å². The second-order valence-electron chi connectivity index (χ2n) is 9.62. The van der Waals surface area contributed by atoms with Crippen LogP contribution in [0.2, 0.25) is 0 Å². The van der Waals surface area contributed by atoms with Gasteiger partial charge in [0.15, 0.2) is 11.5 Å². The first-order valence-corrected chi connectivity index (χ1v) is 11.6. The molecule has 1 aliphatic heterocycles. The van der Waals surface area contributed by atoms with Crippen LogP contribution in [0.3, 0.4) is 0 Å². The molecule has 3 aromatic rings. The Morgan fingerprint density at radius 3 is 2.58 bits per heavy atom. The van der Waals surface area contributed by atoms with Crippen LogP contribution in [0.5, 0.6) is 5.75 Å². The van der Waals surface area contributed by atoms with E-state index >= 15 is 0 Å². The highest BCUT2D eigenvalue weighted by Gasteiger charge is 2.35. The van der Waals surface area contributed by atoms with E-state index in [1.54, 1.807) is 11.0 Å². The van der Waals surface area contributed by atoms with Crippen molar-refractivity contribution in [2.24, 2.45) is 5.73 Å². The highest BCUT2D eigenvalue weighted by atomic mass is 19.4. The number of alkyl halides is 3. The molecule has 36 heavy (non-hydrogen) atoms. The fraction of sp³-hybridized carbons (Fsp3) is 0.480. The van der Waals surface area contributed by atoms with Gasteiger partial charge < -0.3 is 24.5 Å². The minimum Gasteiger partial charge on any atom is -0.494 e. The lowest BCUT2D eigenvalue weighted by Crippen LogP contribution is -2.40. The number of halogens is 3. The van der Waals surface area contributed by atoms with Gasteiger partial charge in [0.1, 0.15) is 17.0 Å². The number of carbonyl (C=O) groups excluding carboxylic acids is 1. The van der Waals surface area contributed by atoms with Crippen LogP contribution in [0.4, 0.5) is 13.2 Å². The van der Waals surface area contributed by atoms with Gasteiger partial charge in [-0.25, -0.2) is 9.97 Å². The van der Waals surface area contributed by atoms with Crippen molar-refractivity contribution < 1.29 is 31.9 Å². The topological polar surface area (TPSA) is 104 Å². The number of amides is 1. The largest absolute Gasteiger partial charge is 0.494 e. The number of aromatic nitrogens is 2. The number of hydrogen-bond acceptors (Lipinski definition) is 7. The van der Waals surface area contributed by atoms with Crippen LogP contribution in [0.15, 0.2) is 28.7 Å². The molecular weight excluding hydrogens is 477 g/mol. The van der Waals surface area contributed by atoms with Gasteiger partial charge in [0, 0.05) is 17.5 Å². The average molecular weight is 507 g/mol. The first-order valence-electron chi connectivity index (χ1n) is 11.6. The molecule has 1 atom stereocenters. The van der Waals surface area contributed by atoms with Crippen molar-refractivity contribution in [3.05, 3.63) is 41.4 Å². The number of carbonyl (C=O) groups is 1. The van der Waals surface area contributed by atoms with Crippen molar-refractivity contribution in [1.29, 1.82) is 0 Å². The minimum atomic E-state index is -4.62. The second kappa shape index (κ2) is 9.70. The number of fused-ring (bicyclic) bond motifs is 1. The molecule has 1 saturated heterocycles. The van der Waals surface area contributed by atoms with E-state index in [0.717, 1.165) is 18.9 Å². The third-order valence-corrected chi connectivity index (χ3v) is 5.99. The molecule has 194 valence electrons. The van der Waals surface area contributed by atoms with E-state index in [1.165, 1.54) is 19.2 Å². The van der Waals surface area contributed by atoms with E-state index in [-0.39, 0.29) is 52.7 Å². The molecule has 11 heteroatoms. The van der Waals surface area contributed by atoms with Crippen molar-refractivity contribution in [2.75, 3.05) is 20.3 Å². The predicted molar refractivity (Wildman–Crippen MR) is 126 cm³/mol. The molecule has 0 unspecified atom stereocenters. The molecule has 8 nitrogen and oxygen atoms in total. The highest BCUT2D eigenvalue weighted by molar-refractivity contribution is 5.98. The van der Waals surface area contributed by atoms with Crippen LogP contribution >= 0.6 is 0 Å². The summed E-state index contributed by atoms with van der Waals surface area (Å²) >= 11 is 0. The average Bonchev–Trinajstić information content (AvgIpc) is 3.47. The van der Waals surface area contributed by atoms with E-state index in [0.29, 0.717) is 24.1 Å². The molecule has 0 saturated carbocycles. The van der Waals surface area contributed by atoms with E-state index in [2.05, 4.69) is 9.97 Å². The summed E-state index contributed by atoms with van der Waals surface area (Å²) in [6.45, 7) is 6.74. The monoisotopic (exact) mass is 506 g/mol. The second-order valence-corrected chi connectivity index (χ2v) is 9.62. The maximum absolute atomic E-state index is 13.5. The number of hydrogen-bond donors (Lipinski definition) is 1. The van der Waals surface area contributed by atoms with E-state index < -0.39 is 11.9 Å². The number of oxazole rings is 1. The maximum atomic E-state index is 13.5. The molecular formula is C25H29F3N4O4. The molecule has 3 heterocycles. The summed E-state index contributed by atoms with van der Waals surface area (Å²) in [5, 5.41) is 0.337. The molecule has 0 radical (unpaired) electrons. The zero-order valence-electron chi connectivity index (χ0n) is 20.6. The van der Waals surface area contributed by atoms with Gasteiger partial charge in [0.05, 0.1) is 31.9 Å². The molecule has 0 spiro atoms. The normalized spacial score (nSPS) is 16.7. The van der Waals surface area contributed by atoms with Gasteiger partial charge >= 0.3 is 6.18 Å².